The van der Waals surface area contributed by atoms with Gasteiger partial charge in [0.25, 0.3) is 0 Å². The van der Waals surface area contributed by atoms with E-state index in [9.17, 15) is 4.79 Å². The van der Waals surface area contributed by atoms with E-state index in [1.54, 1.807) is 6.92 Å². The molecule has 6 heteroatoms. The summed E-state index contributed by atoms with van der Waals surface area (Å²) in [7, 11) is 0. The number of halogens is 1. The van der Waals surface area contributed by atoms with Crippen LogP contribution in [-0.2, 0) is 4.79 Å². The zero-order valence-electron chi connectivity index (χ0n) is 18.9. The lowest BCUT2D eigenvalue weighted by Gasteiger charge is -2.43. The van der Waals surface area contributed by atoms with Crippen LogP contribution in [0.1, 0.15) is 45.7 Å². The molecule has 2 N–H and O–H groups in total. The molecule has 2 aromatic carbocycles. The number of fused-ring (bicyclic) bond motifs is 1. The van der Waals surface area contributed by atoms with Crippen molar-refractivity contribution < 1.29 is 4.79 Å². The standard InChI is InChI=1S/C25H33ClN4O/c1-16(2)25-15-27-11-12-29(25)21-9-10-24-22(14-21)23(13-17(3)30(24)18(4)31)28-20-7-5-19(26)6-8-20/h5-10,14,16-17,23,25,27-28H,11-13,15H2,1-4H3. The Balaban J connectivity index is 1.73. The van der Waals surface area contributed by atoms with Gasteiger partial charge in [-0.3, -0.25) is 4.79 Å². The second-order valence-corrected chi connectivity index (χ2v) is 9.57. The van der Waals surface area contributed by atoms with Crippen LogP contribution < -0.4 is 20.4 Å². The number of hydrogen-bond donors (Lipinski definition) is 2. The lowest BCUT2D eigenvalue weighted by atomic mass is 9.90. The summed E-state index contributed by atoms with van der Waals surface area (Å²) < 4.78 is 0. The van der Waals surface area contributed by atoms with E-state index in [4.69, 9.17) is 11.6 Å². The summed E-state index contributed by atoms with van der Waals surface area (Å²) in [5.74, 6) is 0.647. The van der Waals surface area contributed by atoms with Crippen molar-refractivity contribution >= 4 is 34.6 Å². The van der Waals surface area contributed by atoms with Gasteiger partial charge in [-0.2, -0.15) is 0 Å². The third kappa shape index (κ3) is 4.53. The normalized spacial score (nSPS) is 23.6. The SMILES string of the molecule is CC(=O)N1c2ccc(N3CCNCC3C(C)C)cc2C(Nc2ccc(Cl)cc2)CC1C. The van der Waals surface area contributed by atoms with Crippen LogP contribution >= 0.6 is 11.6 Å². The van der Waals surface area contributed by atoms with Crippen LogP contribution in [0.5, 0.6) is 0 Å². The first-order valence-corrected chi connectivity index (χ1v) is 11.7. The fourth-order valence-corrected chi connectivity index (χ4v) is 5.16. The highest BCUT2D eigenvalue weighted by atomic mass is 35.5. The maximum Gasteiger partial charge on any atom is 0.224 e. The van der Waals surface area contributed by atoms with Gasteiger partial charge in [-0.05, 0) is 61.7 Å². The van der Waals surface area contributed by atoms with Crippen LogP contribution in [0.15, 0.2) is 42.5 Å². The molecule has 0 spiro atoms. The second kappa shape index (κ2) is 9.09. The average molecular weight is 441 g/mol. The molecule has 0 radical (unpaired) electrons. The molecule has 3 atom stereocenters. The lowest BCUT2D eigenvalue weighted by molar-refractivity contribution is -0.117. The van der Waals surface area contributed by atoms with E-state index >= 15 is 0 Å². The van der Waals surface area contributed by atoms with Gasteiger partial charge in [0.15, 0.2) is 0 Å². The van der Waals surface area contributed by atoms with Gasteiger partial charge in [-0.25, -0.2) is 0 Å². The number of nitrogens with one attached hydrogen (secondary N) is 2. The zero-order chi connectivity index (χ0) is 22.1. The Morgan fingerprint density at radius 2 is 1.94 bits per heavy atom. The summed E-state index contributed by atoms with van der Waals surface area (Å²) in [5, 5.41) is 7.95. The maximum absolute atomic E-state index is 12.5. The molecule has 2 aliphatic rings. The van der Waals surface area contributed by atoms with Crippen LogP contribution in [0.4, 0.5) is 17.1 Å². The topological polar surface area (TPSA) is 47.6 Å². The first kappa shape index (κ1) is 22.0. The summed E-state index contributed by atoms with van der Waals surface area (Å²) in [4.78, 5) is 16.9. The van der Waals surface area contributed by atoms with E-state index in [0.717, 1.165) is 42.5 Å². The summed E-state index contributed by atoms with van der Waals surface area (Å²) in [6.07, 6.45) is 0.855. The highest BCUT2D eigenvalue weighted by molar-refractivity contribution is 6.30. The number of benzene rings is 2. The van der Waals surface area contributed by atoms with Gasteiger partial charge in [-0.15, -0.1) is 0 Å². The molecule has 4 rings (SSSR count). The third-order valence-electron chi connectivity index (χ3n) is 6.57. The number of anilines is 3. The van der Waals surface area contributed by atoms with Crippen molar-refractivity contribution in [1.82, 2.24) is 5.32 Å². The van der Waals surface area contributed by atoms with Crippen molar-refractivity contribution in [1.29, 1.82) is 0 Å². The highest BCUT2D eigenvalue weighted by Crippen LogP contribution is 2.41. The van der Waals surface area contributed by atoms with E-state index in [2.05, 4.69) is 54.5 Å². The third-order valence-corrected chi connectivity index (χ3v) is 6.82. The number of rotatable bonds is 4. The summed E-state index contributed by atoms with van der Waals surface area (Å²) in [5.41, 5.74) is 4.47. The van der Waals surface area contributed by atoms with Gasteiger partial charge >= 0.3 is 0 Å². The van der Waals surface area contributed by atoms with E-state index < -0.39 is 0 Å². The number of nitrogens with zero attached hydrogens (tertiary/aromatic N) is 2. The van der Waals surface area contributed by atoms with Crippen molar-refractivity contribution in [2.75, 3.05) is 34.8 Å². The predicted octanol–water partition coefficient (Wildman–Crippen LogP) is 5.07. The highest BCUT2D eigenvalue weighted by Gasteiger charge is 2.34. The molecular formula is C25H33ClN4O. The number of amides is 1. The van der Waals surface area contributed by atoms with Crippen molar-refractivity contribution in [3.05, 3.63) is 53.1 Å². The van der Waals surface area contributed by atoms with Gasteiger partial charge in [-0.1, -0.05) is 25.4 Å². The Labute approximate surface area is 190 Å². The largest absolute Gasteiger partial charge is 0.378 e. The molecule has 2 heterocycles. The van der Waals surface area contributed by atoms with E-state index in [1.807, 2.05) is 29.2 Å². The summed E-state index contributed by atoms with van der Waals surface area (Å²) >= 11 is 6.08. The van der Waals surface area contributed by atoms with Crippen LogP contribution in [0, 0.1) is 5.92 Å². The van der Waals surface area contributed by atoms with Crippen LogP contribution in [0.2, 0.25) is 5.02 Å². The minimum Gasteiger partial charge on any atom is -0.378 e. The van der Waals surface area contributed by atoms with Gasteiger partial charge in [0.05, 0.1) is 6.04 Å². The van der Waals surface area contributed by atoms with Crippen LogP contribution in [0.25, 0.3) is 0 Å². The Morgan fingerprint density at radius 3 is 2.61 bits per heavy atom. The minimum absolute atomic E-state index is 0.0914. The molecule has 166 valence electrons. The molecule has 3 unspecified atom stereocenters. The molecule has 1 amide bonds. The molecule has 0 aliphatic carbocycles. The van der Waals surface area contributed by atoms with Crippen molar-refractivity contribution in [2.24, 2.45) is 5.92 Å². The van der Waals surface area contributed by atoms with E-state index in [0.29, 0.717) is 12.0 Å². The fraction of sp³-hybridized carbons (Fsp3) is 0.480. The molecular weight excluding hydrogens is 408 g/mol. The Bertz CT molecular complexity index is 930. The average Bonchev–Trinajstić information content (AvgIpc) is 2.74. The van der Waals surface area contributed by atoms with Crippen LogP contribution in [0.3, 0.4) is 0 Å². The minimum atomic E-state index is 0.0914. The van der Waals surface area contributed by atoms with Crippen LogP contribution in [-0.4, -0.2) is 37.6 Å². The molecule has 0 aromatic heterocycles. The molecule has 31 heavy (non-hydrogen) atoms. The Kier molecular flexibility index (Phi) is 6.44. The number of carbonyl (C=O) groups is 1. The number of carbonyl (C=O) groups excluding carboxylic acids is 1. The summed E-state index contributed by atoms with van der Waals surface area (Å²) in [6.45, 7) is 11.3. The van der Waals surface area contributed by atoms with Gasteiger partial charge in [0.1, 0.15) is 0 Å². The van der Waals surface area contributed by atoms with Crippen molar-refractivity contribution in [3.8, 4) is 0 Å². The van der Waals surface area contributed by atoms with Gasteiger partial charge in [0.2, 0.25) is 5.91 Å². The smallest absolute Gasteiger partial charge is 0.224 e. The molecule has 0 saturated carbocycles. The molecule has 5 nitrogen and oxygen atoms in total. The van der Waals surface area contributed by atoms with Crippen molar-refractivity contribution in [2.45, 2.75) is 52.2 Å². The molecule has 2 aliphatic heterocycles. The van der Waals surface area contributed by atoms with E-state index in [1.165, 1.54) is 11.3 Å². The zero-order valence-corrected chi connectivity index (χ0v) is 19.6. The van der Waals surface area contributed by atoms with E-state index in [-0.39, 0.29) is 18.0 Å². The first-order chi connectivity index (χ1) is 14.8. The quantitative estimate of drug-likeness (QED) is 0.696. The predicted molar refractivity (Wildman–Crippen MR) is 130 cm³/mol. The second-order valence-electron chi connectivity index (χ2n) is 9.13. The maximum atomic E-state index is 12.5. The summed E-state index contributed by atoms with van der Waals surface area (Å²) in [6, 6.07) is 15.2. The Morgan fingerprint density at radius 1 is 1.19 bits per heavy atom. The molecule has 1 saturated heterocycles. The molecule has 1 fully saturated rings. The number of hydrogen-bond acceptors (Lipinski definition) is 4. The van der Waals surface area contributed by atoms with Gasteiger partial charge in [0, 0.05) is 66.3 Å². The Hall–Kier alpha value is -2.24. The molecule has 2 aromatic rings. The number of piperazine rings is 1. The monoisotopic (exact) mass is 440 g/mol. The fourth-order valence-electron chi connectivity index (χ4n) is 5.04. The molecule has 0 bridgehead atoms. The van der Waals surface area contributed by atoms with Crippen molar-refractivity contribution in [3.63, 3.8) is 0 Å². The lowest BCUT2D eigenvalue weighted by Crippen LogP contribution is -2.53. The first-order valence-electron chi connectivity index (χ1n) is 11.3. The van der Waals surface area contributed by atoms with Gasteiger partial charge < -0.3 is 20.4 Å².